The minimum atomic E-state index is -6.26. The maximum atomic E-state index is 14.4. The van der Waals surface area contributed by atoms with Gasteiger partial charge in [0.05, 0.1) is 12.2 Å². The molecule has 0 radical (unpaired) electrons. The van der Waals surface area contributed by atoms with E-state index in [1.165, 1.54) is 0 Å². The highest BCUT2D eigenvalue weighted by Gasteiger charge is 2.75. The van der Waals surface area contributed by atoms with Crippen LogP contribution >= 0.6 is 0 Å². The van der Waals surface area contributed by atoms with Crippen LogP contribution in [-0.4, -0.2) is 36.4 Å². The summed E-state index contributed by atoms with van der Waals surface area (Å²) < 4.78 is 98.7. The van der Waals surface area contributed by atoms with E-state index in [0.717, 1.165) is 0 Å². The van der Waals surface area contributed by atoms with Crippen LogP contribution in [0.3, 0.4) is 0 Å². The molecule has 27 heavy (non-hydrogen) atoms. The van der Waals surface area contributed by atoms with Gasteiger partial charge < -0.3 is 9.47 Å². The first-order chi connectivity index (χ1) is 12.4. The Labute approximate surface area is 153 Å². The summed E-state index contributed by atoms with van der Waals surface area (Å²) in [5.74, 6) is -9.47. The van der Waals surface area contributed by atoms with E-state index in [1.807, 2.05) is 0 Å². The molecule has 3 fully saturated rings. The van der Waals surface area contributed by atoms with E-state index in [0.29, 0.717) is 5.56 Å². The Balaban J connectivity index is 1.62. The third-order valence-electron chi connectivity index (χ3n) is 6.06. The van der Waals surface area contributed by atoms with E-state index in [-0.39, 0.29) is 12.8 Å². The van der Waals surface area contributed by atoms with Crippen LogP contribution < -0.4 is 0 Å². The van der Waals surface area contributed by atoms with E-state index in [1.54, 1.807) is 37.3 Å². The van der Waals surface area contributed by atoms with E-state index in [4.69, 9.17) is 14.0 Å². The zero-order valence-electron chi connectivity index (χ0n) is 14.2. The molecule has 4 rings (SSSR count). The van der Waals surface area contributed by atoms with Crippen molar-refractivity contribution in [3.8, 4) is 0 Å². The van der Waals surface area contributed by atoms with Gasteiger partial charge in [0.25, 0.3) is 0 Å². The first-order valence-electron chi connectivity index (χ1n) is 8.52. The summed E-state index contributed by atoms with van der Waals surface area (Å²) in [5.41, 5.74) is 0.672. The summed E-state index contributed by atoms with van der Waals surface area (Å²) in [6, 6.07) is 8.82. The molecular weight excluding hydrogens is 392 g/mol. The second kappa shape index (κ2) is 5.65. The highest BCUT2D eigenvalue weighted by molar-refractivity contribution is 7.87. The third kappa shape index (κ3) is 2.56. The molecule has 0 amide bonds. The number of ether oxygens (including phenoxy) is 2. The van der Waals surface area contributed by atoms with Crippen molar-refractivity contribution in [3.63, 3.8) is 0 Å². The molecule has 1 N–H and O–H groups in total. The molecule has 10 heteroatoms. The molecule has 1 aromatic carbocycles. The lowest BCUT2D eigenvalue weighted by molar-refractivity contribution is -0.214. The van der Waals surface area contributed by atoms with Crippen molar-refractivity contribution in [3.05, 3.63) is 35.9 Å². The van der Waals surface area contributed by atoms with Gasteiger partial charge in [0.1, 0.15) is 0 Å². The van der Waals surface area contributed by atoms with Crippen molar-refractivity contribution >= 4 is 10.1 Å². The van der Waals surface area contributed by atoms with Gasteiger partial charge in [0, 0.05) is 11.5 Å². The summed E-state index contributed by atoms with van der Waals surface area (Å²) >= 11 is 0. The van der Waals surface area contributed by atoms with Crippen molar-refractivity contribution in [2.45, 2.75) is 48.9 Å². The van der Waals surface area contributed by atoms with Gasteiger partial charge in [0.15, 0.2) is 5.79 Å². The average Bonchev–Trinajstić information content (AvgIpc) is 3.24. The quantitative estimate of drug-likeness (QED) is 0.608. The molecule has 150 valence electrons. The summed E-state index contributed by atoms with van der Waals surface area (Å²) in [6.07, 6.45) is -1.51. The number of rotatable bonds is 4. The first-order valence-corrected chi connectivity index (χ1v) is 9.96. The summed E-state index contributed by atoms with van der Waals surface area (Å²) in [7, 11) is -6.26. The van der Waals surface area contributed by atoms with Crippen LogP contribution in [0, 0.1) is 17.8 Å². The molecule has 6 unspecified atom stereocenters. The molecule has 1 saturated heterocycles. The molecule has 3 aliphatic rings. The normalized spacial score (nSPS) is 39.0. The van der Waals surface area contributed by atoms with E-state index in [2.05, 4.69) is 0 Å². The fraction of sp³-hybridized carbons (Fsp3) is 0.647. The fourth-order valence-corrected chi connectivity index (χ4v) is 5.30. The summed E-state index contributed by atoms with van der Waals surface area (Å²) in [5, 5.41) is -5.56. The van der Waals surface area contributed by atoms with E-state index < -0.39 is 57.0 Å². The second-order valence-corrected chi connectivity index (χ2v) is 9.06. The molecule has 6 atom stereocenters. The van der Waals surface area contributed by atoms with Gasteiger partial charge in [0.2, 0.25) is 0 Å². The SMILES string of the molecule is CC1(c2ccccc2)OC2C3CC(C2O1)C(C(F)(F)C(F)(F)S(=O)(=O)O)C3. The average molecular weight is 410 g/mol. The van der Waals surface area contributed by atoms with E-state index >= 15 is 0 Å². The van der Waals surface area contributed by atoms with Gasteiger partial charge in [-0.1, -0.05) is 30.3 Å². The molecule has 2 bridgehead atoms. The fourth-order valence-electron chi connectivity index (χ4n) is 4.80. The Morgan fingerprint density at radius 2 is 1.67 bits per heavy atom. The van der Waals surface area contributed by atoms with Gasteiger partial charge in [-0.2, -0.15) is 26.0 Å². The van der Waals surface area contributed by atoms with Crippen molar-refractivity contribution in [1.82, 2.24) is 0 Å². The van der Waals surface area contributed by atoms with Crippen LogP contribution in [0.15, 0.2) is 30.3 Å². The standard InChI is InChI=1S/C17H18F4O5S/c1-15(10-5-3-2-4-6-10)25-13-9-7-11(14(13)26-15)12(8-9)16(18,19)17(20,21)27(22,23)24/h2-6,9,11-14H,7-8H2,1H3,(H,22,23,24). The molecule has 1 heterocycles. The van der Waals surface area contributed by atoms with Crippen molar-refractivity contribution < 1.29 is 40.0 Å². The molecule has 2 saturated carbocycles. The smallest absolute Gasteiger partial charge is 0.340 e. The third-order valence-corrected chi connectivity index (χ3v) is 6.98. The number of alkyl halides is 4. The van der Waals surface area contributed by atoms with E-state index in [9.17, 15) is 26.0 Å². The summed E-state index contributed by atoms with van der Waals surface area (Å²) in [4.78, 5) is 0. The largest absolute Gasteiger partial charge is 0.431 e. The first kappa shape index (κ1) is 19.1. The number of benzene rings is 1. The molecule has 0 spiro atoms. The number of halogens is 4. The van der Waals surface area contributed by atoms with Crippen LogP contribution in [0.25, 0.3) is 0 Å². The number of hydrogen-bond acceptors (Lipinski definition) is 4. The van der Waals surface area contributed by atoms with Gasteiger partial charge >= 0.3 is 21.3 Å². The van der Waals surface area contributed by atoms with Gasteiger partial charge in [-0.3, -0.25) is 4.55 Å². The van der Waals surface area contributed by atoms with Gasteiger partial charge in [-0.05, 0) is 31.6 Å². The van der Waals surface area contributed by atoms with Gasteiger partial charge in [-0.15, -0.1) is 0 Å². The van der Waals surface area contributed by atoms with Crippen LogP contribution in [0.4, 0.5) is 17.6 Å². The van der Waals surface area contributed by atoms with Crippen LogP contribution in [0.1, 0.15) is 25.3 Å². The molecule has 5 nitrogen and oxygen atoms in total. The zero-order valence-corrected chi connectivity index (χ0v) is 15.0. The minimum Gasteiger partial charge on any atom is -0.340 e. The Bertz CT molecular complexity index is 846. The Morgan fingerprint density at radius 3 is 2.26 bits per heavy atom. The molecular formula is C17H18F4O5S. The molecule has 1 aliphatic heterocycles. The maximum Gasteiger partial charge on any atom is 0.431 e. The molecule has 0 aromatic heterocycles. The van der Waals surface area contributed by atoms with Crippen LogP contribution in [-0.2, 0) is 25.4 Å². The van der Waals surface area contributed by atoms with Crippen LogP contribution in [0.5, 0.6) is 0 Å². The van der Waals surface area contributed by atoms with Crippen molar-refractivity contribution in [1.29, 1.82) is 0 Å². The van der Waals surface area contributed by atoms with Crippen molar-refractivity contribution in [2.75, 3.05) is 0 Å². The highest BCUT2D eigenvalue weighted by atomic mass is 32.2. The lowest BCUT2D eigenvalue weighted by Gasteiger charge is -2.36. The highest BCUT2D eigenvalue weighted by Crippen LogP contribution is 2.62. The Morgan fingerprint density at radius 1 is 1.07 bits per heavy atom. The number of hydrogen-bond donors (Lipinski definition) is 1. The monoisotopic (exact) mass is 410 g/mol. The maximum absolute atomic E-state index is 14.4. The summed E-state index contributed by atoms with van der Waals surface area (Å²) in [6.45, 7) is 1.64. The zero-order chi connectivity index (χ0) is 19.8. The molecule has 2 aliphatic carbocycles. The Kier molecular flexibility index (Phi) is 4.00. The number of fused-ring (bicyclic) bond motifs is 5. The predicted octanol–water partition coefficient (Wildman–Crippen LogP) is 3.42. The van der Waals surface area contributed by atoms with Gasteiger partial charge in [-0.25, -0.2) is 0 Å². The lowest BCUT2D eigenvalue weighted by atomic mass is 9.81. The topological polar surface area (TPSA) is 72.8 Å². The predicted molar refractivity (Wildman–Crippen MR) is 84.7 cm³/mol. The molecule has 1 aromatic rings. The lowest BCUT2D eigenvalue weighted by Crippen LogP contribution is -2.55. The second-order valence-electron chi connectivity index (χ2n) is 7.59. The minimum absolute atomic E-state index is 0.183. The Hall–Kier alpha value is -1.23. The van der Waals surface area contributed by atoms with Crippen molar-refractivity contribution in [2.24, 2.45) is 17.8 Å². The van der Waals surface area contributed by atoms with Crippen LogP contribution in [0.2, 0.25) is 0 Å².